The van der Waals surface area contributed by atoms with E-state index in [1.807, 2.05) is 12.1 Å². The second-order valence-electron chi connectivity index (χ2n) is 5.46. The molecule has 2 aromatic heterocycles. The Labute approximate surface area is 134 Å². The average molecular weight is 319 g/mol. The molecule has 1 N–H and O–H groups in total. The zero-order valence-electron chi connectivity index (χ0n) is 13.0. The van der Waals surface area contributed by atoms with Gasteiger partial charge < -0.3 is 10.1 Å². The van der Waals surface area contributed by atoms with E-state index in [4.69, 9.17) is 4.74 Å². The van der Waals surface area contributed by atoms with Gasteiger partial charge in [0.15, 0.2) is 0 Å². The maximum atomic E-state index is 5.84. The number of aryl methyl sites for hydroxylation is 2. The Hall–Kier alpha value is -1.57. The topological polar surface area (TPSA) is 63.2 Å². The van der Waals surface area contributed by atoms with Crippen LogP contribution in [0.4, 0.5) is 5.82 Å². The van der Waals surface area contributed by atoms with Gasteiger partial charge >= 0.3 is 0 Å². The molecule has 0 bridgehead atoms. The fourth-order valence-corrected chi connectivity index (χ4v) is 3.56. The normalized spacial score (nSPS) is 19.3. The van der Waals surface area contributed by atoms with E-state index in [2.05, 4.69) is 39.2 Å². The lowest BCUT2D eigenvalue weighted by Gasteiger charge is -2.32. The van der Waals surface area contributed by atoms with Gasteiger partial charge in [-0.05, 0) is 26.0 Å². The van der Waals surface area contributed by atoms with Gasteiger partial charge in [0.1, 0.15) is 5.82 Å². The predicted octanol–water partition coefficient (Wildman–Crippen LogP) is 1.86. The molecule has 0 aromatic carbocycles. The molecule has 1 fully saturated rings. The molecule has 7 heteroatoms. The molecule has 0 amide bonds. The van der Waals surface area contributed by atoms with Crippen LogP contribution in [0.25, 0.3) is 0 Å². The molecule has 1 atom stereocenters. The molecule has 0 unspecified atom stereocenters. The van der Waals surface area contributed by atoms with Crippen molar-refractivity contribution < 1.29 is 4.74 Å². The fourth-order valence-electron chi connectivity index (χ4n) is 2.59. The Morgan fingerprint density at radius 1 is 1.45 bits per heavy atom. The third-order valence-corrected chi connectivity index (χ3v) is 4.73. The third kappa shape index (κ3) is 4.00. The summed E-state index contributed by atoms with van der Waals surface area (Å²) in [6.45, 7) is 8.52. The number of nitrogens with one attached hydrogen (secondary N) is 1. The average Bonchev–Trinajstić information content (AvgIpc) is 2.84. The molecule has 1 aliphatic heterocycles. The first kappa shape index (κ1) is 15.3. The zero-order valence-corrected chi connectivity index (χ0v) is 13.8. The van der Waals surface area contributed by atoms with Crippen LogP contribution < -0.4 is 5.32 Å². The second kappa shape index (κ2) is 7.13. The van der Waals surface area contributed by atoms with Gasteiger partial charge in [0.2, 0.25) is 0 Å². The summed E-state index contributed by atoms with van der Waals surface area (Å²) >= 11 is 1.79. The SMILES string of the molecule is Cc1nc(C)c(CN2CCO[C@H](CNc3cccnn3)C2)s1. The van der Waals surface area contributed by atoms with E-state index in [1.165, 1.54) is 4.88 Å². The molecular weight excluding hydrogens is 298 g/mol. The summed E-state index contributed by atoms with van der Waals surface area (Å²) in [5, 5.41) is 12.3. The molecule has 1 saturated heterocycles. The van der Waals surface area contributed by atoms with E-state index in [9.17, 15) is 0 Å². The lowest BCUT2D eigenvalue weighted by molar-refractivity contribution is -0.0238. The van der Waals surface area contributed by atoms with Crippen LogP contribution >= 0.6 is 11.3 Å². The van der Waals surface area contributed by atoms with Crippen molar-refractivity contribution in [3.05, 3.63) is 33.9 Å². The van der Waals surface area contributed by atoms with Crippen molar-refractivity contribution in [2.75, 3.05) is 31.6 Å². The first-order chi connectivity index (χ1) is 10.7. The summed E-state index contributed by atoms with van der Waals surface area (Å²) in [4.78, 5) is 8.30. The molecule has 1 aliphatic rings. The van der Waals surface area contributed by atoms with E-state index >= 15 is 0 Å². The lowest BCUT2D eigenvalue weighted by Crippen LogP contribution is -2.44. The number of hydrogen-bond donors (Lipinski definition) is 1. The van der Waals surface area contributed by atoms with Gasteiger partial charge in [-0.15, -0.1) is 16.4 Å². The molecule has 0 saturated carbocycles. The number of morpholine rings is 1. The van der Waals surface area contributed by atoms with Crippen molar-refractivity contribution in [2.24, 2.45) is 0 Å². The summed E-state index contributed by atoms with van der Waals surface area (Å²) < 4.78 is 5.84. The fraction of sp³-hybridized carbons (Fsp3) is 0.533. The minimum absolute atomic E-state index is 0.171. The third-order valence-electron chi connectivity index (χ3n) is 3.67. The second-order valence-corrected chi connectivity index (χ2v) is 6.75. The molecular formula is C15H21N5OS. The molecule has 0 radical (unpaired) electrons. The summed E-state index contributed by atoms with van der Waals surface area (Å²) in [6, 6.07) is 3.79. The first-order valence-corrected chi connectivity index (χ1v) is 8.31. The summed E-state index contributed by atoms with van der Waals surface area (Å²) in [5.74, 6) is 0.789. The molecule has 6 nitrogen and oxygen atoms in total. The number of hydrogen-bond acceptors (Lipinski definition) is 7. The molecule has 3 heterocycles. The van der Waals surface area contributed by atoms with Crippen LogP contribution in [0.5, 0.6) is 0 Å². The highest BCUT2D eigenvalue weighted by atomic mass is 32.1. The Bertz CT molecular complexity index is 603. The molecule has 0 aliphatic carbocycles. The van der Waals surface area contributed by atoms with Gasteiger partial charge in [-0.25, -0.2) is 4.98 Å². The van der Waals surface area contributed by atoms with Crippen molar-refractivity contribution in [2.45, 2.75) is 26.5 Å². The van der Waals surface area contributed by atoms with E-state index in [0.717, 1.165) is 49.3 Å². The quantitative estimate of drug-likeness (QED) is 0.907. The first-order valence-electron chi connectivity index (χ1n) is 7.49. The Balaban J connectivity index is 1.52. The lowest BCUT2D eigenvalue weighted by atomic mass is 10.2. The van der Waals surface area contributed by atoms with Crippen molar-refractivity contribution in [1.82, 2.24) is 20.1 Å². The predicted molar refractivity (Wildman–Crippen MR) is 87.1 cm³/mol. The summed E-state index contributed by atoms with van der Waals surface area (Å²) in [6.07, 6.45) is 1.84. The summed E-state index contributed by atoms with van der Waals surface area (Å²) in [5.41, 5.74) is 1.16. The van der Waals surface area contributed by atoms with Crippen LogP contribution in [-0.2, 0) is 11.3 Å². The van der Waals surface area contributed by atoms with Crippen LogP contribution in [0.3, 0.4) is 0 Å². The Morgan fingerprint density at radius 2 is 2.36 bits per heavy atom. The van der Waals surface area contributed by atoms with Crippen LogP contribution in [-0.4, -0.2) is 52.4 Å². The van der Waals surface area contributed by atoms with E-state index < -0.39 is 0 Å². The Kier molecular flexibility index (Phi) is 4.97. The largest absolute Gasteiger partial charge is 0.374 e. The van der Waals surface area contributed by atoms with Crippen molar-refractivity contribution in [3.8, 4) is 0 Å². The number of ether oxygens (including phenoxy) is 1. The van der Waals surface area contributed by atoms with Gasteiger partial charge in [-0.1, -0.05) is 0 Å². The van der Waals surface area contributed by atoms with Crippen LogP contribution in [0.1, 0.15) is 15.6 Å². The van der Waals surface area contributed by atoms with Crippen molar-refractivity contribution in [1.29, 1.82) is 0 Å². The van der Waals surface area contributed by atoms with Gasteiger partial charge in [0.25, 0.3) is 0 Å². The van der Waals surface area contributed by atoms with Crippen LogP contribution in [0.2, 0.25) is 0 Å². The molecule has 3 rings (SSSR count). The van der Waals surface area contributed by atoms with Gasteiger partial charge in [-0.3, -0.25) is 4.90 Å². The minimum Gasteiger partial charge on any atom is -0.374 e. The monoisotopic (exact) mass is 319 g/mol. The van der Waals surface area contributed by atoms with Gasteiger partial charge in [-0.2, -0.15) is 5.10 Å². The van der Waals surface area contributed by atoms with E-state index in [-0.39, 0.29) is 6.10 Å². The highest BCUT2D eigenvalue weighted by Crippen LogP contribution is 2.20. The molecule has 118 valence electrons. The van der Waals surface area contributed by atoms with Crippen molar-refractivity contribution >= 4 is 17.2 Å². The van der Waals surface area contributed by atoms with Gasteiger partial charge in [0, 0.05) is 37.3 Å². The number of rotatable bonds is 5. The van der Waals surface area contributed by atoms with Crippen LogP contribution in [0.15, 0.2) is 18.3 Å². The number of anilines is 1. The smallest absolute Gasteiger partial charge is 0.148 e. The Morgan fingerprint density at radius 3 is 3.09 bits per heavy atom. The number of nitrogens with zero attached hydrogens (tertiary/aromatic N) is 4. The summed E-state index contributed by atoms with van der Waals surface area (Å²) in [7, 11) is 0. The van der Waals surface area contributed by atoms with Crippen molar-refractivity contribution in [3.63, 3.8) is 0 Å². The zero-order chi connectivity index (χ0) is 15.4. The molecule has 0 spiro atoms. The molecule has 22 heavy (non-hydrogen) atoms. The minimum atomic E-state index is 0.171. The van der Waals surface area contributed by atoms with Gasteiger partial charge in [0.05, 0.1) is 23.4 Å². The highest BCUT2D eigenvalue weighted by molar-refractivity contribution is 7.11. The molecule has 2 aromatic rings. The number of thiazole rings is 1. The standard InChI is InChI=1S/C15H21N5OS/c1-11-14(22-12(2)18-11)10-20-6-7-21-13(9-20)8-16-15-4-3-5-17-19-15/h3-5,13H,6-10H2,1-2H3,(H,16,19)/t13-/m1/s1. The number of aromatic nitrogens is 3. The van der Waals surface area contributed by atoms with E-state index in [0.29, 0.717) is 0 Å². The van der Waals surface area contributed by atoms with E-state index in [1.54, 1.807) is 17.5 Å². The van der Waals surface area contributed by atoms with Crippen LogP contribution in [0, 0.1) is 13.8 Å². The highest BCUT2D eigenvalue weighted by Gasteiger charge is 2.21. The maximum Gasteiger partial charge on any atom is 0.148 e. The maximum absolute atomic E-state index is 5.84.